The van der Waals surface area contributed by atoms with Gasteiger partial charge in [-0.15, -0.1) is 0 Å². The summed E-state index contributed by atoms with van der Waals surface area (Å²) in [4.78, 5) is 14.4. The Morgan fingerprint density at radius 2 is 2.00 bits per heavy atom. The predicted molar refractivity (Wildman–Crippen MR) is 82.0 cm³/mol. The van der Waals surface area contributed by atoms with Crippen LogP contribution >= 0.6 is 15.9 Å². The molecule has 3 rings (SSSR count). The van der Waals surface area contributed by atoms with Crippen molar-refractivity contribution < 1.29 is 9.90 Å². The molecule has 0 radical (unpaired) electrons. The smallest absolute Gasteiger partial charge is 0.258 e. The largest absolute Gasteiger partial charge is 0.394 e. The van der Waals surface area contributed by atoms with Crippen molar-refractivity contribution in [3.05, 3.63) is 64.1 Å². The molecule has 1 heterocycles. The second kappa shape index (κ2) is 5.38. The van der Waals surface area contributed by atoms with Gasteiger partial charge >= 0.3 is 0 Å². The van der Waals surface area contributed by atoms with Crippen molar-refractivity contribution in [2.45, 2.75) is 12.5 Å². The molecule has 2 aromatic rings. The fourth-order valence-electron chi connectivity index (χ4n) is 2.64. The van der Waals surface area contributed by atoms with E-state index in [1.165, 1.54) is 0 Å². The van der Waals surface area contributed by atoms with Gasteiger partial charge in [0.25, 0.3) is 5.91 Å². The average Bonchev–Trinajstić information content (AvgIpc) is 2.84. The Balaban J connectivity index is 2.02. The molecule has 0 fully saturated rings. The van der Waals surface area contributed by atoms with Crippen molar-refractivity contribution in [3.8, 4) is 0 Å². The Morgan fingerprint density at radius 1 is 1.25 bits per heavy atom. The number of halogens is 1. The molecule has 4 heteroatoms. The van der Waals surface area contributed by atoms with Crippen LogP contribution in [0.5, 0.6) is 0 Å². The van der Waals surface area contributed by atoms with Crippen LogP contribution in [0.3, 0.4) is 0 Å². The molecule has 0 saturated carbocycles. The van der Waals surface area contributed by atoms with Crippen LogP contribution in [-0.4, -0.2) is 23.7 Å². The number of hydrogen-bond acceptors (Lipinski definition) is 2. The van der Waals surface area contributed by atoms with Crippen molar-refractivity contribution in [3.63, 3.8) is 0 Å². The van der Waals surface area contributed by atoms with Gasteiger partial charge in [0.1, 0.15) is 0 Å². The average molecular weight is 332 g/mol. The fourth-order valence-corrected chi connectivity index (χ4v) is 3.04. The first-order valence-electron chi connectivity index (χ1n) is 6.48. The number of anilines is 1. The lowest BCUT2D eigenvalue weighted by molar-refractivity contribution is 0.0968. The van der Waals surface area contributed by atoms with Crippen LogP contribution in [0.2, 0.25) is 0 Å². The maximum Gasteiger partial charge on any atom is 0.258 e. The van der Waals surface area contributed by atoms with E-state index >= 15 is 0 Å². The number of aliphatic hydroxyl groups excluding tert-OH is 1. The second-order valence-electron chi connectivity index (χ2n) is 4.85. The molecule has 1 amide bonds. The number of amides is 1. The summed E-state index contributed by atoms with van der Waals surface area (Å²) in [5.74, 6) is -0.0641. The van der Waals surface area contributed by atoms with Crippen molar-refractivity contribution in [2.24, 2.45) is 0 Å². The van der Waals surface area contributed by atoms with Gasteiger partial charge in [-0.25, -0.2) is 0 Å². The number of benzene rings is 2. The molecule has 0 bridgehead atoms. The highest BCUT2D eigenvalue weighted by Crippen LogP contribution is 2.35. The van der Waals surface area contributed by atoms with E-state index in [0.29, 0.717) is 12.0 Å². The first-order chi connectivity index (χ1) is 9.70. The summed E-state index contributed by atoms with van der Waals surface area (Å²) < 4.78 is 0.988. The van der Waals surface area contributed by atoms with Gasteiger partial charge in [0, 0.05) is 15.7 Å². The van der Waals surface area contributed by atoms with Crippen molar-refractivity contribution in [1.82, 2.24) is 0 Å². The first kappa shape index (κ1) is 13.3. The summed E-state index contributed by atoms with van der Waals surface area (Å²) >= 11 is 3.44. The van der Waals surface area contributed by atoms with E-state index in [4.69, 9.17) is 0 Å². The lowest BCUT2D eigenvalue weighted by atomic mass is 10.1. The van der Waals surface area contributed by atoms with Gasteiger partial charge < -0.3 is 10.0 Å². The number of hydrogen-bond donors (Lipinski definition) is 1. The topological polar surface area (TPSA) is 40.5 Å². The van der Waals surface area contributed by atoms with Crippen LogP contribution < -0.4 is 4.90 Å². The van der Waals surface area contributed by atoms with Gasteiger partial charge in [0.15, 0.2) is 0 Å². The lowest BCUT2D eigenvalue weighted by Gasteiger charge is -2.24. The molecule has 0 aliphatic carbocycles. The number of carbonyl (C=O) groups excluding carboxylic acids is 1. The van der Waals surface area contributed by atoms with Gasteiger partial charge in [-0.1, -0.05) is 34.1 Å². The quantitative estimate of drug-likeness (QED) is 0.918. The summed E-state index contributed by atoms with van der Waals surface area (Å²) in [5.41, 5.74) is 2.62. The van der Waals surface area contributed by atoms with Gasteiger partial charge in [-0.2, -0.15) is 0 Å². The number of carbonyl (C=O) groups is 1. The minimum Gasteiger partial charge on any atom is -0.394 e. The van der Waals surface area contributed by atoms with Crippen LogP contribution in [0.15, 0.2) is 53.0 Å². The van der Waals surface area contributed by atoms with Gasteiger partial charge in [-0.05, 0) is 42.3 Å². The predicted octanol–water partition coefficient (Wildman–Crippen LogP) is 3.01. The maximum absolute atomic E-state index is 12.7. The Hall–Kier alpha value is -1.65. The van der Waals surface area contributed by atoms with Crippen molar-refractivity contribution in [1.29, 1.82) is 0 Å². The standard InChI is InChI=1S/C16H14BrNO2/c17-13-6-7-15-12(8-13)9-14(10-19)18(15)16(20)11-4-2-1-3-5-11/h1-8,14,19H,9-10H2. The highest BCUT2D eigenvalue weighted by Gasteiger charge is 2.33. The minimum atomic E-state index is -0.188. The van der Waals surface area contributed by atoms with Crippen LogP contribution in [0.4, 0.5) is 5.69 Å². The molecule has 1 N–H and O–H groups in total. The summed E-state index contributed by atoms with van der Waals surface area (Å²) in [6, 6.07) is 14.8. The normalized spacial score (nSPS) is 17.1. The van der Waals surface area contributed by atoms with E-state index in [1.807, 2.05) is 36.4 Å². The van der Waals surface area contributed by atoms with E-state index < -0.39 is 0 Å². The van der Waals surface area contributed by atoms with E-state index in [1.54, 1.807) is 17.0 Å². The molecule has 20 heavy (non-hydrogen) atoms. The second-order valence-corrected chi connectivity index (χ2v) is 5.77. The van der Waals surface area contributed by atoms with Crippen molar-refractivity contribution >= 4 is 27.5 Å². The third kappa shape index (κ3) is 2.25. The Morgan fingerprint density at radius 3 is 2.70 bits per heavy atom. The van der Waals surface area contributed by atoms with Gasteiger partial charge in [0.05, 0.1) is 12.6 Å². The highest BCUT2D eigenvalue weighted by molar-refractivity contribution is 9.10. The molecule has 1 aliphatic heterocycles. The zero-order valence-electron chi connectivity index (χ0n) is 10.8. The Bertz CT molecular complexity index is 642. The van der Waals surface area contributed by atoms with E-state index in [0.717, 1.165) is 15.7 Å². The fraction of sp³-hybridized carbons (Fsp3) is 0.188. The van der Waals surface area contributed by atoms with Crippen LogP contribution in [0.25, 0.3) is 0 Å². The summed E-state index contributed by atoms with van der Waals surface area (Å²) in [6.07, 6.45) is 0.684. The zero-order chi connectivity index (χ0) is 14.1. The van der Waals surface area contributed by atoms with E-state index in [-0.39, 0.29) is 18.6 Å². The number of fused-ring (bicyclic) bond motifs is 1. The Labute approximate surface area is 126 Å². The van der Waals surface area contributed by atoms with Gasteiger partial charge in [-0.3, -0.25) is 4.79 Å². The number of rotatable bonds is 2. The SMILES string of the molecule is O=C(c1ccccc1)N1c2ccc(Br)cc2CC1CO. The maximum atomic E-state index is 12.7. The monoisotopic (exact) mass is 331 g/mol. The molecule has 3 nitrogen and oxygen atoms in total. The van der Waals surface area contributed by atoms with Crippen molar-refractivity contribution in [2.75, 3.05) is 11.5 Å². The molecule has 102 valence electrons. The summed E-state index contributed by atoms with van der Waals surface area (Å²) in [7, 11) is 0. The Kier molecular flexibility index (Phi) is 3.59. The van der Waals surface area contributed by atoms with E-state index in [2.05, 4.69) is 15.9 Å². The minimum absolute atomic E-state index is 0.0368. The molecule has 0 spiro atoms. The number of aliphatic hydroxyl groups is 1. The number of nitrogens with zero attached hydrogens (tertiary/aromatic N) is 1. The molecule has 1 unspecified atom stereocenters. The highest BCUT2D eigenvalue weighted by atomic mass is 79.9. The zero-order valence-corrected chi connectivity index (χ0v) is 12.4. The lowest BCUT2D eigenvalue weighted by Crippen LogP contribution is -2.39. The third-order valence-electron chi connectivity index (χ3n) is 3.57. The molecule has 2 aromatic carbocycles. The third-order valence-corrected chi connectivity index (χ3v) is 4.07. The molecule has 1 aliphatic rings. The first-order valence-corrected chi connectivity index (χ1v) is 7.28. The van der Waals surface area contributed by atoms with Crippen LogP contribution in [-0.2, 0) is 6.42 Å². The van der Waals surface area contributed by atoms with E-state index in [9.17, 15) is 9.90 Å². The van der Waals surface area contributed by atoms with Crippen LogP contribution in [0, 0.1) is 0 Å². The van der Waals surface area contributed by atoms with Crippen LogP contribution in [0.1, 0.15) is 15.9 Å². The molecule has 1 atom stereocenters. The summed E-state index contributed by atoms with van der Waals surface area (Å²) in [6.45, 7) is -0.0368. The van der Waals surface area contributed by atoms with Gasteiger partial charge in [0.2, 0.25) is 0 Å². The summed E-state index contributed by atoms with van der Waals surface area (Å²) in [5, 5.41) is 9.57. The molecule has 0 saturated heterocycles. The molecular formula is C16H14BrNO2. The molecular weight excluding hydrogens is 318 g/mol. The molecule has 0 aromatic heterocycles.